The van der Waals surface area contributed by atoms with Crippen molar-refractivity contribution in [2.24, 2.45) is 11.8 Å². The average Bonchev–Trinajstić information content (AvgIpc) is 1.82. The van der Waals surface area contributed by atoms with Crippen molar-refractivity contribution >= 4 is 5.78 Å². The predicted molar refractivity (Wildman–Crippen MR) is 37.5 cm³/mol. The lowest BCUT2D eigenvalue weighted by molar-refractivity contribution is -0.130. The fraction of sp³-hybridized carbons (Fsp3) is 0.875. The highest BCUT2D eigenvalue weighted by Gasteiger charge is 2.31. The van der Waals surface area contributed by atoms with Crippen LogP contribution < -0.4 is 0 Å². The molecule has 0 aromatic carbocycles. The van der Waals surface area contributed by atoms with Gasteiger partial charge in [0.1, 0.15) is 0 Å². The summed E-state index contributed by atoms with van der Waals surface area (Å²) in [6, 6.07) is 0. The summed E-state index contributed by atoms with van der Waals surface area (Å²) in [6.07, 6.45) is 0.112. The van der Waals surface area contributed by atoms with Gasteiger partial charge in [-0.05, 0) is 18.8 Å². The Morgan fingerprint density at radius 2 is 2.00 bits per heavy atom. The second kappa shape index (κ2) is 2.69. The van der Waals surface area contributed by atoms with Crippen LogP contribution in [0.2, 0.25) is 0 Å². The Balaban J connectivity index is 2.57. The van der Waals surface area contributed by atoms with E-state index in [1.807, 2.05) is 13.8 Å². The second-order valence-electron chi connectivity index (χ2n) is 3.35. The molecule has 2 heteroatoms. The molecule has 0 bridgehead atoms. The molecule has 58 valence electrons. The topological polar surface area (TPSA) is 17.1 Å². The van der Waals surface area contributed by atoms with E-state index < -0.39 is 6.17 Å². The van der Waals surface area contributed by atoms with Gasteiger partial charge < -0.3 is 0 Å². The highest BCUT2D eigenvalue weighted by atomic mass is 19.1. The van der Waals surface area contributed by atoms with E-state index in [2.05, 4.69) is 0 Å². The number of hydrogen-bond donors (Lipinski definition) is 0. The third-order valence-electron chi connectivity index (χ3n) is 2.16. The Morgan fingerprint density at radius 1 is 1.40 bits per heavy atom. The molecule has 0 N–H and O–H groups in total. The summed E-state index contributed by atoms with van der Waals surface area (Å²) in [5, 5.41) is 0. The molecule has 10 heavy (non-hydrogen) atoms. The molecule has 1 rings (SSSR count). The summed E-state index contributed by atoms with van der Waals surface area (Å²) in [5.41, 5.74) is 0. The first-order valence-electron chi connectivity index (χ1n) is 3.79. The van der Waals surface area contributed by atoms with Gasteiger partial charge in [-0.25, -0.2) is 4.39 Å². The molecule has 0 aromatic rings. The zero-order chi connectivity index (χ0) is 7.72. The van der Waals surface area contributed by atoms with Crippen molar-refractivity contribution in [3.05, 3.63) is 0 Å². The number of carbonyl (C=O) groups is 1. The monoisotopic (exact) mass is 144 g/mol. The van der Waals surface area contributed by atoms with Gasteiger partial charge in [-0.3, -0.25) is 4.79 Å². The van der Waals surface area contributed by atoms with Crippen LogP contribution in [0, 0.1) is 11.8 Å². The Labute approximate surface area is 60.6 Å². The molecule has 3 atom stereocenters. The van der Waals surface area contributed by atoms with Gasteiger partial charge >= 0.3 is 0 Å². The maximum Gasteiger partial charge on any atom is 0.169 e. The van der Waals surface area contributed by atoms with Crippen molar-refractivity contribution in [3.8, 4) is 0 Å². The van der Waals surface area contributed by atoms with Crippen LogP contribution in [0.4, 0.5) is 4.39 Å². The molecular formula is C8H13FO. The number of ketones is 1. The van der Waals surface area contributed by atoms with Crippen LogP contribution in [0.25, 0.3) is 0 Å². The van der Waals surface area contributed by atoms with Gasteiger partial charge in [0, 0.05) is 5.92 Å². The lowest BCUT2D eigenvalue weighted by atomic mass is 9.81. The molecule has 0 heterocycles. The lowest BCUT2D eigenvalue weighted by Crippen LogP contribution is -2.31. The highest BCUT2D eigenvalue weighted by Crippen LogP contribution is 2.27. The van der Waals surface area contributed by atoms with E-state index in [-0.39, 0.29) is 11.7 Å². The predicted octanol–water partition coefficient (Wildman–Crippen LogP) is 1.96. The standard InChI is InChI=1S/C8H13FO/c1-5-3-6(2)8(10)7(9)4-5/h5-7H,3-4H2,1-2H3/t5-,6+,7+/m1/s1. The summed E-state index contributed by atoms with van der Waals surface area (Å²) >= 11 is 0. The van der Waals surface area contributed by atoms with Gasteiger partial charge in [-0.2, -0.15) is 0 Å². The van der Waals surface area contributed by atoms with E-state index in [0.29, 0.717) is 12.3 Å². The zero-order valence-corrected chi connectivity index (χ0v) is 6.43. The second-order valence-corrected chi connectivity index (χ2v) is 3.35. The number of carbonyl (C=O) groups excluding carboxylic acids is 1. The van der Waals surface area contributed by atoms with E-state index in [1.54, 1.807) is 0 Å². The van der Waals surface area contributed by atoms with Gasteiger partial charge in [-0.15, -0.1) is 0 Å². The number of hydrogen-bond acceptors (Lipinski definition) is 1. The molecule has 1 fully saturated rings. The van der Waals surface area contributed by atoms with Gasteiger partial charge in [-0.1, -0.05) is 13.8 Å². The summed E-state index contributed by atoms with van der Waals surface area (Å²) < 4.78 is 12.7. The highest BCUT2D eigenvalue weighted by molar-refractivity contribution is 5.85. The van der Waals surface area contributed by atoms with Crippen molar-refractivity contribution in [3.63, 3.8) is 0 Å². The molecule has 1 saturated carbocycles. The molecule has 0 aromatic heterocycles. The number of Topliss-reactive ketones (excluding diaryl/α,β-unsaturated/α-hetero) is 1. The fourth-order valence-corrected chi connectivity index (χ4v) is 1.59. The quantitative estimate of drug-likeness (QED) is 0.508. The fourth-order valence-electron chi connectivity index (χ4n) is 1.59. The van der Waals surface area contributed by atoms with Crippen LogP contribution in [0.15, 0.2) is 0 Å². The van der Waals surface area contributed by atoms with Crippen LogP contribution in [0.5, 0.6) is 0 Å². The molecule has 0 unspecified atom stereocenters. The molecule has 1 nitrogen and oxygen atoms in total. The van der Waals surface area contributed by atoms with Crippen LogP contribution in [-0.2, 0) is 4.79 Å². The van der Waals surface area contributed by atoms with Crippen molar-refractivity contribution in [1.82, 2.24) is 0 Å². The first kappa shape index (κ1) is 7.70. The zero-order valence-electron chi connectivity index (χ0n) is 6.43. The maximum absolute atomic E-state index is 12.7. The van der Waals surface area contributed by atoms with E-state index in [9.17, 15) is 9.18 Å². The molecule has 1 aliphatic rings. The van der Waals surface area contributed by atoms with E-state index in [1.165, 1.54) is 0 Å². The van der Waals surface area contributed by atoms with Crippen molar-refractivity contribution in [2.75, 3.05) is 0 Å². The molecule has 0 saturated heterocycles. The minimum absolute atomic E-state index is 0.0567. The smallest absolute Gasteiger partial charge is 0.169 e. The normalized spacial score (nSPS) is 41.9. The number of alkyl halides is 1. The third-order valence-corrected chi connectivity index (χ3v) is 2.16. The first-order chi connectivity index (χ1) is 4.61. The molecular weight excluding hydrogens is 131 g/mol. The van der Waals surface area contributed by atoms with Crippen molar-refractivity contribution in [1.29, 1.82) is 0 Å². The molecule has 0 spiro atoms. The minimum Gasteiger partial charge on any atom is -0.296 e. The van der Waals surface area contributed by atoms with Gasteiger partial charge in [0.15, 0.2) is 12.0 Å². The Morgan fingerprint density at radius 3 is 2.50 bits per heavy atom. The molecule has 0 radical (unpaired) electrons. The van der Waals surface area contributed by atoms with E-state index in [4.69, 9.17) is 0 Å². The Hall–Kier alpha value is -0.400. The average molecular weight is 144 g/mol. The van der Waals surface area contributed by atoms with Crippen molar-refractivity contribution in [2.45, 2.75) is 32.9 Å². The van der Waals surface area contributed by atoms with E-state index in [0.717, 1.165) is 6.42 Å². The van der Waals surface area contributed by atoms with E-state index >= 15 is 0 Å². The summed E-state index contributed by atoms with van der Waals surface area (Å²) in [5.74, 6) is 0.125. The van der Waals surface area contributed by atoms with Crippen LogP contribution in [-0.4, -0.2) is 12.0 Å². The SMILES string of the molecule is C[C@@H]1C[C@H](C)C(=O)[C@@H](F)C1. The summed E-state index contributed by atoms with van der Waals surface area (Å²) in [6.45, 7) is 3.81. The minimum atomic E-state index is -1.18. The Bertz CT molecular complexity index is 130. The number of rotatable bonds is 0. The maximum atomic E-state index is 12.7. The summed E-state index contributed by atoms with van der Waals surface area (Å²) in [4.78, 5) is 10.9. The molecule has 0 aliphatic heterocycles. The van der Waals surface area contributed by atoms with Crippen LogP contribution >= 0.6 is 0 Å². The molecule has 1 aliphatic carbocycles. The molecule has 0 amide bonds. The Kier molecular flexibility index (Phi) is 2.07. The van der Waals surface area contributed by atoms with Crippen LogP contribution in [0.1, 0.15) is 26.7 Å². The van der Waals surface area contributed by atoms with Gasteiger partial charge in [0.05, 0.1) is 0 Å². The lowest BCUT2D eigenvalue weighted by Gasteiger charge is -2.25. The largest absolute Gasteiger partial charge is 0.296 e. The van der Waals surface area contributed by atoms with Crippen molar-refractivity contribution < 1.29 is 9.18 Å². The third kappa shape index (κ3) is 1.36. The first-order valence-corrected chi connectivity index (χ1v) is 3.79. The van der Waals surface area contributed by atoms with Gasteiger partial charge in [0.2, 0.25) is 0 Å². The van der Waals surface area contributed by atoms with Gasteiger partial charge in [0.25, 0.3) is 0 Å². The summed E-state index contributed by atoms with van der Waals surface area (Å²) in [7, 11) is 0. The number of halogens is 1. The van der Waals surface area contributed by atoms with Crippen LogP contribution in [0.3, 0.4) is 0 Å².